The molecule has 1 atom stereocenters. The van der Waals surface area contributed by atoms with Crippen molar-refractivity contribution < 1.29 is 17.9 Å². The summed E-state index contributed by atoms with van der Waals surface area (Å²) < 4.78 is 31.8. The lowest BCUT2D eigenvalue weighted by molar-refractivity contribution is 0.0932. The highest BCUT2D eigenvalue weighted by Crippen LogP contribution is 2.29. The van der Waals surface area contributed by atoms with E-state index in [1.165, 1.54) is 4.31 Å². The van der Waals surface area contributed by atoms with E-state index in [9.17, 15) is 13.2 Å². The van der Waals surface area contributed by atoms with Crippen LogP contribution in [0.5, 0.6) is 5.75 Å². The molecular formula is C24H32N2O4S. The Morgan fingerprint density at radius 3 is 2.45 bits per heavy atom. The molecule has 0 aliphatic carbocycles. The molecule has 2 aromatic carbocycles. The molecule has 31 heavy (non-hydrogen) atoms. The van der Waals surface area contributed by atoms with Gasteiger partial charge < -0.3 is 10.1 Å². The summed E-state index contributed by atoms with van der Waals surface area (Å²) >= 11 is 0. The van der Waals surface area contributed by atoms with E-state index >= 15 is 0 Å². The molecule has 2 aromatic rings. The number of aryl methyl sites for hydroxylation is 1. The first-order valence-electron chi connectivity index (χ1n) is 10.8. The van der Waals surface area contributed by atoms with Crippen LogP contribution in [0.25, 0.3) is 0 Å². The van der Waals surface area contributed by atoms with E-state index < -0.39 is 10.0 Å². The summed E-state index contributed by atoms with van der Waals surface area (Å²) in [5.74, 6) is 1.09. The zero-order chi connectivity index (χ0) is 22.6. The van der Waals surface area contributed by atoms with E-state index in [1.807, 2.05) is 37.3 Å². The second-order valence-electron chi connectivity index (χ2n) is 8.53. The number of hydrogen-bond acceptors (Lipinski definition) is 4. The first kappa shape index (κ1) is 23.1. The summed E-state index contributed by atoms with van der Waals surface area (Å²) in [6.45, 7) is 6.57. The Hall–Kier alpha value is -2.54. The third kappa shape index (κ3) is 5.58. The van der Waals surface area contributed by atoms with Crippen LogP contribution < -0.4 is 14.4 Å². The van der Waals surface area contributed by atoms with Crippen LogP contribution in [0.15, 0.2) is 42.5 Å². The first-order chi connectivity index (χ1) is 14.7. The van der Waals surface area contributed by atoms with Gasteiger partial charge in [0.25, 0.3) is 5.91 Å². The van der Waals surface area contributed by atoms with Gasteiger partial charge in [-0.05, 0) is 67.5 Å². The van der Waals surface area contributed by atoms with E-state index in [-0.39, 0.29) is 17.7 Å². The van der Waals surface area contributed by atoms with E-state index in [0.717, 1.165) is 29.7 Å². The molecule has 1 aliphatic rings. The Morgan fingerprint density at radius 1 is 1.13 bits per heavy atom. The summed E-state index contributed by atoms with van der Waals surface area (Å²) in [6, 6.07) is 12.8. The van der Waals surface area contributed by atoms with Crippen molar-refractivity contribution in [3.8, 4) is 5.75 Å². The minimum atomic E-state index is -3.34. The van der Waals surface area contributed by atoms with Gasteiger partial charge in [-0.3, -0.25) is 9.10 Å². The van der Waals surface area contributed by atoms with Crippen LogP contribution in [0.2, 0.25) is 0 Å². The van der Waals surface area contributed by atoms with Gasteiger partial charge in [0.05, 0.1) is 24.6 Å². The Bertz CT molecular complexity index is 1020. The molecule has 0 aromatic heterocycles. The van der Waals surface area contributed by atoms with Crippen LogP contribution in [0.1, 0.15) is 60.6 Å². The van der Waals surface area contributed by atoms with Gasteiger partial charge in [0.1, 0.15) is 5.75 Å². The molecule has 0 saturated carbocycles. The smallest absolute Gasteiger partial charge is 0.251 e. The number of benzene rings is 2. The number of carbonyl (C=O) groups excluding carboxylic acids is 1. The van der Waals surface area contributed by atoms with Gasteiger partial charge in [-0.25, -0.2) is 8.42 Å². The SMILES string of the molecule is COc1ccc(C(CC(C)C)NC(=O)c2ccc(C)c(N3CCCCS3(=O)=O)c2)cc1. The lowest BCUT2D eigenvalue weighted by Crippen LogP contribution is -2.38. The van der Waals surface area contributed by atoms with Crippen LogP contribution in [0, 0.1) is 12.8 Å². The molecule has 0 bridgehead atoms. The van der Waals surface area contributed by atoms with Gasteiger partial charge in [0.2, 0.25) is 10.0 Å². The Balaban J connectivity index is 1.86. The molecule has 168 valence electrons. The molecule has 1 saturated heterocycles. The molecule has 6 nitrogen and oxygen atoms in total. The van der Waals surface area contributed by atoms with Crippen LogP contribution in [-0.2, 0) is 10.0 Å². The minimum absolute atomic E-state index is 0.150. The van der Waals surface area contributed by atoms with Crippen LogP contribution in [0.4, 0.5) is 5.69 Å². The number of sulfonamides is 1. The van der Waals surface area contributed by atoms with E-state index in [2.05, 4.69) is 19.2 Å². The molecule has 1 amide bonds. The third-order valence-corrected chi connectivity index (χ3v) is 7.48. The van der Waals surface area contributed by atoms with Gasteiger partial charge in [-0.15, -0.1) is 0 Å². The number of nitrogens with one attached hydrogen (secondary N) is 1. The maximum Gasteiger partial charge on any atom is 0.251 e. The fraction of sp³-hybridized carbons (Fsp3) is 0.458. The van der Waals surface area contributed by atoms with E-state index in [1.54, 1.807) is 19.2 Å². The Morgan fingerprint density at radius 2 is 1.84 bits per heavy atom. The van der Waals surface area contributed by atoms with Gasteiger partial charge >= 0.3 is 0 Å². The van der Waals surface area contributed by atoms with Gasteiger partial charge in [-0.2, -0.15) is 0 Å². The topological polar surface area (TPSA) is 75.7 Å². The number of hydrogen-bond donors (Lipinski definition) is 1. The average Bonchev–Trinajstić information content (AvgIpc) is 2.73. The maximum atomic E-state index is 13.1. The van der Waals surface area contributed by atoms with Crippen molar-refractivity contribution in [2.45, 2.75) is 46.1 Å². The second kappa shape index (κ2) is 9.73. The van der Waals surface area contributed by atoms with Crippen molar-refractivity contribution in [1.29, 1.82) is 0 Å². The summed E-state index contributed by atoms with van der Waals surface area (Å²) in [5.41, 5.74) is 2.91. The van der Waals surface area contributed by atoms with Crippen molar-refractivity contribution >= 4 is 21.6 Å². The largest absolute Gasteiger partial charge is 0.497 e. The van der Waals surface area contributed by atoms with Crippen molar-refractivity contribution in [1.82, 2.24) is 5.32 Å². The minimum Gasteiger partial charge on any atom is -0.497 e. The molecular weight excluding hydrogens is 412 g/mol. The number of methoxy groups -OCH3 is 1. The molecule has 1 aliphatic heterocycles. The number of carbonyl (C=O) groups is 1. The molecule has 7 heteroatoms. The number of anilines is 1. The summed E-state index contributed by atoms with van der Waals surface area (Å²) in [6.07, 6.45) is 2.29. The van der Waals surface area contributed by atoms with Crippen molar-refractivity contribution in [3.05, 3.63) is 59.2 Å². The van der Waals surface area contributed by atoms with Crippen molar-refractivity contribution in [2.24, 2.45) is 5.92 Å². The zero-order valence-electron chi connectivity index (χ0n) is 18.7. The van der Waals surface area contributed by atoms with Gasteiger partial charge in [0, 0.05) is 12.1 Å². The normalized spacial score (nSPS) is 16.7. The summed E-state index contributed by atoms with van der Waals surface area (Å²) in [4.78, 5) is 13.1. The standard InChI is InChI=1S/C24H32N2O4S/c1-17(2)15-22(19-9-11-21(30-4)12-10-19)25-24(27)20-8-7-18(3)23(16-20)26-13-5-6-14-31(26,28)29/h7-12,16-17,22H,5-6,13-15H2,1-4H3,(H,25,27). The highest BCUT2D eigenvalue weighted by molar-refractivity contribution is 7.92. The average molecular weight is 445 g/mol. The Kier molecular flexibility index (Phi) is 7.26. The van der Waals surface area contributed by atoms with E-state index in [0.29, 0.717) is 30.1 Å². The van der Waals surface area contributed by atoms with Crippen LogP contribution >= 0.6 is 0 Å². The number of amides is 1. The number of rotatable bonds is 7. The molecule has 1 fully saturated rings. The molecule has 1 heterocycles. The lowest BCUT2D eigenvalue weighted by Gasteiger charge is -2.30. The summed E-state index contributed by atoms with van der Waals surface area (Å²) in [7, 11) is -1.72. The maximum absolute atomic E-state index is 13.1. The molecule has 0 radical (unpaired) electrons. The fourth-order valence-corrected chi connectivity index (χ4v) is 5.60. The predicted octanol–water partition coefficient (Wildman–Crippen LogP) is 4.45. The van der Waals surface area contributed by atoms with E-state index in [4.69, 9.17) is 4.74 Å². The van der Waals surface area contributed by atoms with Gasteiger partial charge in [0.15, 0.2) is 0 Å². The monoisotopic (exact) mass is 444 g/mol. The third-order valence-electron chi connectivity index (χ3n) is 5.62. The highest BCUT2D eigenvalue weighted by Gasteiger charge is 2.28. The second-order valence-corrected chi connectivity index (χ2v) is 10.5. The fourth-order valence-electron chi connectivity index (χ4n) is 3.91. The van der Waals surface area contributed by atoms with Crippen molar-refractivity contribution in [2.75, 3.05) is 23.7 Å². The molecule has 1 unspecified atom stereocenters. The zero-order valence-corrected chi connectivity index (χ0v) is 19.5. The predicted molar refractivity (Wildman–Crippen MR) is 124 cm³/mol. The number of ether oxygens (including phenoxy) is 1. The molecule has 3 rings (SSSR count). The first-order valence-corrected chi connectivity index (χ1v) is 12.4. The van der Waals surface area contributed by atoms with Crippen LogP contribution in [-0.4, -0.2) is 33.7 Å². The van der Waals surface area contributed by atoms with Crippen molar-refractivity contribution in [3.63, 3.8) is 0 Å². The quantitative estimate of drug-likeness (QED) is 0.685. The Labute approximate surface area is 185 Å². The number of nitrogens with zero attached hydrogens (tertiary/aromatic N) is 1. The highest BCUT2D eigenvalue weighted by atomic mass is 32.2. The van der Waals surface area contributed by atoms with Gasteiger partial charge in [-0.1, -0.05) is 32.0 Å². The molecule has 0 spiro atoms. The van der Waals surface area contributed by atoms with Crippen LogP contribution in [0.3, 0.4) is 0 Å². The lowest BCUT2D eigenvalue weighted by atomic mass is 9.96. The molecule has 1 N–H and O–H groups in total. The summed E-state index contributed by atoms with van der Waals surface area (Å²) in [5, 5.41) is 3.14.